The van der Waals surface area contributed by atoms with Crippen molar-refractivity contribution in [2.24, 2.45) is 0 Å². The topological polar surface area (TPSA) is 75.0 Å². The molecule has 1 saturated heterocycles. The normalized spacial score (nSPS) is 15.6. The lowest BCUT2D eigenvalue weighted by Crippen LogP contribution is -2.40. The monoisotopic (exact) mass is 373 g/mol. The molecule has 1 aromatic carbocycles. The smallest absolute Gasteiger partial charge is 0.258 e. The van der Waals surface area contributed by atoms with E-state index >= 15 is 0 Å². The zero-order valence-electron chi connectivity index (χ0n) is 16.2. The van der Waals surface area contributed by atoms with Gasteiger partial charge in [0.15, 0.2) is 0 Å². The minimum Gasteiger partial charge on any atom is -0.497 e. The summed E-state index contributed by atoms with van der Waals surface area (Å²) < 4.78 is 11.1. The van der Waals surface area contributed by atoms with Gasteiger partial charge in [-0.3, -0.25) is 14.5 Å². The number of nitrogens with one attached hydrogen (secondary N) is 1. The molecule has 0 unspecified atom stereocenters. The summed E-state index contributed by atoms with van der Waals surface area (Å²) in [6, 6.07) is 5.50. The third-order valence-electron chi connectivity index (χ3n) is 4.90. The Bertz CT molecular complexity index is 830. The Morgan fingerprint density at radius 3 is 2.78 bits per heavy atom. The number of rotatable bonds is 5. The van der Waals surface area contributed by atoms with Crippen LogP contribution in [0.2, 0.25) is 0 Å². The van der Waals surface area contributed by atoms with Crippen LogP contribution < -0.4 is 10.1 Å². The summed E-state index contributed by atoms with van der Waals surface area (Å²) in [7, 11) is 1.60. The number of benzene rings is 1. The summed E-state index contributed by atoms with van der Waals surface area (Å²) in [6.07, 6.45) is 0.837. The highest BCUT2D eigenvalue weighted by molar-refractivity contribution is 6.07. The molecule has 146 valence electrons. The van der Waals surface area contributed by atoms with E-state index in [0.29, 0.717) is 55.4 Å². The predicted molar refractivity (Wildman–Crippen MR) is 103 cm³/mol. The number of methoxy groups -OCH3 is 1. The summed E-state index contributed by atoms with van der Waals surface area (Å²) in [5, 5.41) is 3.60. The quantitative estimate of drug-likeness (QED) is 0.868. The lowest BCUT2D eigenvalue weighted by Gasteiger charge is -2.21. The van der Waals surface area contributed by atoms with Crippen LogP contribution >= 0.6 is 0 Å². The van der Waals surface area contributed by atoms with Crippen LogP contribution in [0.25, 0.3) is 11.0 Å². The van der Waals surface area contributed by atoms with Crippen LogP contribution in [0.3, 0.4) is 0 Å². The molecule has 0 atom stereocenters. The van der Waals surface area contributed by atoms with Gasteiger partial charge in [-0.1, -0.05) is 0 Å². The van der Waals surface area contributed by atoms with Gasteiger partial charge in [0.25, 0.3) is 5.91 Å². The van der Waals surface area contributed by atoms with E-state index in [1.54, 1.807) is 7.11 Å². The molecule has 1 N–H and O–H groups in total. The van der Waals surface area contributed by atoms with Gasteiger partial charge in [-0.25, -0.2) is 0 Å². The molecule has 27 heavy (non-hydrogen) atoms. The highest BCUT2D eigenvalue weighted by Crippen LogP contribution is 2.30. The number of fused-ring (bicyclic) bond motifs is 1. The van der Waals surface area contributed by atoms with E-state index in [1.165, 1.54) is 0 Å². The van der Waals surface area contributed by atoms with Crippen molar-refractivity contribution < 1.29 is 18.7 Å². The SMILES string of the molecule is CCNC(=O)CN1CCCN(C(=O)c2c(C)oc3ccc(OC)cc23)CC1. The number of aryl methyl sites for hydroxylation is 1. The second kappa shape index (κ2) is 8.43. The zero-order valence-corrected chi connectivity index (χ0v) is 16.2. The fourth-order valence-corrected chi connectivity index (χ4v) is 3.54. The van der Waals surface area contributed by atoms with Crippen LogP contribution in [0.1, 0.15) is 29.5 Å². The number of likely N-dealkylation sites (N-methyl/N-ethyl adjacent to an activating group) is 1. The van der Waals surface area contributed by atoms with Crippen molar-refractivity contribution >= 4 is 22.8 Å². The molecule has 0 radical (unpaired) electrons. The second-order valence-corrected chi connectivity index (χ2v) is 6.77. The fourth-order valence-electron chi connectivity index (χ4n) is 3.54. The molecule has 0 bridgehead atoms. The van der Waals surface area contributed by atoms with Crippen LogP contribution in [-0.4, -0.2) is 68.0 Å². The van der Waals surface area contributed by atoms with Gasteiger partial charge in [0, 0.05) is 38.1 Å². The van der Waals surface area contributed by atoms with Crippen molar-refractivity contribution in [3.05, 3.63) is 29.5 Å². The maximum atomic E-state index is 13.2. The van der Waals surface area contributed by atoms with Gasteiger partial charge >= 0.3 is 0 Å². The molecule has 7 heteroatoms. The van der Waals surface area contributed by atoms with Gasteiger partial charge in [0.1, 0.15) is 17.1 Å². The van der Waals surface area contributed by atoms with E-state index in [2.05, 4.69) is 10.2 Å². The minimum atomic E-state index is -0.0284. The van der Waals surface area contributed by atoms with Crippen LogP contribution in [0.4, 0.5) is 0 Å². The molecular formula is C20H27N3O4. The number of carbonyl (C=O) groups is 2. The highest BCUT2D eigenvalue weighted by Gasteiger charge is 2.26. The maximum absolute atomic E-state index is 13.2. The molecule has 1 aliphatic rings. The van der Waals surface area contributed by atoms with Gasteiger partial charge in [0.05, 0.1) is 19.2 Å². The zero-order chi connectivity index (χ0) is 19.4. The van der Waals surface area contributed by atoms with Gasteiger partial charge in [-0.2, -0.15) is 0 Å². The van der Waals surface area contributed by atoms with E-state index in [1.807, 2.05) is 36.9 Å². The summed E-state index contributed by atoms with van der Waals surface area (Å²) in [4.78, 5) is 29.0. The number of nitrogens with zero attached hydrogens (tertiary/aromatic N) is 2. The Hall–Kier alpha value is -2.54. The molecule has 0 spiro atoms. The van der Waals surface area contributed by atoms with Crippen molar-refractivity contribution in [3.63, 3.8) is 0 Å². The van der Waals surface area contributed by atoms with Gasteiger partial charge in [-0.05, 0) is 38.5 Å². The van der Waals surface area contributed by atoms with Gasteiger partial charge in [0.2, 0.25) is 5.91 Å². The third kappa shape index (κ3) is 4.24. The van der Waals surface area contributed by atoms with E-state index in [9.17, 15) is 9.59 Å². The Morgan fingerprint density at radius 2 is 2.04 bits per heavy atom. The average molecular weight is 373 g/mol. The van der Waals surface area contributed by atoms with E-state index in [4.69, 9.17) is 9.15 Å². The molecule has 2 amide bonds. The fraction of sp³-hybridized carbons (Fsp3) is 0.500. The van der Waals surface area contributed by atoms with E-state index in [0.717, 1.165) is 18.4 Å². The summed E-state index contributed by atoms with van der Waals surface area (Å²) >= 11 is 0. The molecular weight excluding hydrogens is 346 g/mol. The summed E-state index contributed by atoms with van der Waals surface area (Å²) in [6.45, 7) is 7.48. The first-order chi connectivity index (χ1) is 13.0. The lowest BCUT2D eigenvalue weighted by molar-refractivity contribution is -0.122. The summed E-state index contributed by atoms with van der Waals surface area (Å²) in [5.74, 6) is 1.31. The second-order valence-electron chi connectivity index (χ2n) is 6.77. The summed E-state index contributed by atoms with van der Waals surface area (Å²) in [5.41, 5.74) is 1.28. The van der Waals surface area contributed by atoms with Crippen molar-refractivity contribution in [2.45, 2.75) is 20.3 Å². The van der Waals surface area contributed by atoms with Crippen molar-refractivity contribution in [1.29, 1.82) is 0 Å². The first-order valence-electron chi connectivity index (χ1n) is 9.39. The Morgan fingerprint density at radius 1 is 1.22 bits per heavy atom. The molecule has 0 saturated carbocycles. The number of amides is 2. The predicted octanol–water partition coefficient (Wildman–Crippen LogP) is 2.03. The Labute approximate surface area is 159 Å². The van der Waals surface area contributed by atoms with E-state index in [-0.39, 0.29) is 11.8 Å². The number of hydrogen-bond donors (Lipinski definition) is 1. The first-order valence-corrected chi connectivity index (χ1v) is 9.39. The number of hydrogen-bond acceptors (Lipinski definition) is 5. The largest absolute Gasteiger partial charge is 0.497 e. The van der Waals surface area contributed by atoms with Gasteiger partial charge in [-0.15, -0.1) is 0 Å². The third-order valence-corrected chi connectivity index (χ3v) is 4.90. The van der Waals surface area contributed by atoms with Crippen LogP contribution in [-0.2, 0) is 4.79 Å². The van der Waals surface area contributed by atoms with Crippen molar-refractivity contribution in [3.8, 4) is 5.75 Å². The molecule has 2 aromatic rings. The Balaban J connectivity index is 1.75. The first kappa shape index (κ1) is 19.2. The van der Waals surface area contributed by atoms with Crippen LogP contribution in [0.15, 0.2) is 22.6 Å². The Kier molecular flexibility index (Phi) is 6.01. The number of furan rings is 1. The lowest BCUT2D eigenvalue weighted by atomic mass is 10.1. The molecule has 1 fully saturated rings. The van der Waals surface area contributed by atoms with Gasteiger partial charge < -0.3 is 19.4 Å². The van der Waals surface area contributed by atoms with Crippen molar-refractivity contribution in [1.82, 2.24) is 15.1 Å². The van der Waals surface area contributed by atoms with E-state index < -0.39 is 0 Å². The molecule has 1 aliphatic heterocycles. The number of ether oxygens (including phenoxy) is 1. The molecule has 3 rings (SSSR count). The maximum Gasteiger partial charge on any atom is 0.258 e. The standard InChI is InChI=1S/C20H27N3O4/c1-4-21-18(24)13-22-8-5-9-23(11-10-22)20(25)19-14(2)27-17-7-6-15(26-3)12-16(17)19/h6-7,12H,4-5,8-11,13H2,1-3H3,(H,21,24). The minimum absolute atomic E-state index is 0.0284. The van der Waals surface area contributed by atoms with Crippen molar-refractivity contribution in [2.75, 3.05) is 46.4 Å². The van der Waals surface area contributed by atoms with Crippen LogP contribution in [0, 0.1) is 6.92 Å². The molecule has 0 aliphatic carbocycles. The molecule has 2 heterocycles. The molecule has 1 aromatic heterocycles. The number of carbonyl (C=O) groups excluding carboxylic acids is 2. The van der Waals surface area contributed by atoms with Crippen LogP contribution in [0.5, 0.6) is 5.75 Å². The highest BCUT2D eigenvalue weighted by atomic mass is 16.5. The molecule has 7 nitrogen and oxygen atoms in total. The average Bonchev–Trinajstić information content (AvgIpc) is 2.81.